The smallest absolute Gasteiger partial charge is 0.258 e. The first-order valence-electron chi connectivity index (χ1n) is 11.9. The Hall–Kier alpha value is -3.60. The summed E-state index contributed by atoms with van der Waals surface area (Å²) >= 11 is 0. The second-order valence-electron chi connectivity index (χ2n) is 9.16. The van der Waals surface area contributed by atoms with E-state index in [1.54, 1.807) is 0 Å². The van der Waals surface area contributed by atoms with Crippen LogP contribution in [-0.4, -0.2) is 29.9 Å². The highest BCUT2D eigenvalue weighted by atomic mass is 16.5. The van der Waals surface area contributed by atoms with Crippen LogP contribution in [0.5, 0.6) is 5.75 Å². The molecule has 5 heteroatoms. The topological polar surface area (TPSA) is 58.6 Å². The van der Waals surface area contributed by atoms with E-state index in [2.05, 4.69) is 29.6 Å². The summed E-state index contributed by atoms with van der Waals surface area (Å²) in [4.78, 5) is 27.4. The molecule has 2 amide bonds. The zero-order valence-electron chi connectivity index (χ0n) is 20.1. The number of fused-ring (bicyclic) bond motifs is 1. The van der Waals surface area contributed by atoms with Crippen LogP contribution >= 0.6 is 0 Å². The van der Waals surface area contributed by atoms with Crippen molar-refractivity contribution in [1.82, 2.24) is 10.2 Å². The number of aryl methyl sites for hydroxylation is 1. The van der Waals surface area contributed by atoms with Crippen molar-refractivity contribution in [2.45, 2.75) is 39.8 Å². The highest BCUT2D eigenvalue weighted by molar-refractivity contribution is 5.80. The summed E-state index contributed by atoms with van der Waals surface area (Å²) in [6, 6.07) is 24.0. The number of carbonyl (C=O) groups excluding carboxylic acids is 2. The molecule has 1 heterocycles. The van der Waals surface area contributed by atoms with Gasteiger partial charge in [0.05, 0.1) is 6.04 Å². The maximum absolute atomic E-state index is 13.0. The van der Waals surface area contributed by atoms with Crippen LogP contribution in [-0.2, 0) is 22.6 Å². The fraction of sp³-hybridized carbons (Fsp3) is 0.310. The van der Waals surface area contributed by atoms with Crippen LogP contribution < -0.4 is 10.1 Å². The quantitative estimate of drug-likeness (QED) is 0.555. The Kier molecular flexibility index (Phi) is 7.31. The van der Waals surface area contributed by atoms with Gasteiger partial charge in [0.2, 0.25) is 5.91 Å². The zero-order chi connectivity index (χ0) is 24.1. The number of carbonyl (C=O) groups is 2. The largest absolute Gasteiger partial charge is 0.484 e. The molecule has 0 spiro atoms. The molecule has 0 saturated heterocycles. The van der Waals surface area contributed by atoms with Gasteiger partial charge in [-0.15, -0.1) is 0 Å². The van der Waals surface area contributed by atoms with Crippen molar-refractivity contribution in [2.75, 3.05) is 13.2 Å². The Morgan fingerprint density at radius 2 is 1.82 bits per heavy atom. The second kappa shape index (κ2) is 10.6. The molecule has 0 aromatic heterocycles. The molecule has 1 N–H and O–H groups in total. The molecule has 0 bridgehead atoms. The number of ether oxygens (including phenoxy) is 1. The number of nitrogens with zero attached hydrogens (tertiary/aromatic N) is 1. The molecule has 4 rings (SSSR count). The molecule has 0 radical (unpaired) electrons. The van der Waals surface area contributed by atoms with E-state index >= 15 is 0 Å². The van der Waals surface area contributed by atoms with E-state index in [1.807, 2.05) is 74.2 Å². The Balaban J connectivity index is 1.50. The van der Waals surface area contributed by atoms with Gasteiger partial charge in [0.25, 0.3) is 5.91 Å². The predicted octanol–water partition coefficient (Wildman–Crippen LogP) is 4.82. The van der Waals surface area contributed by atoms with Gasteiger partial charge in [0.15, 0.2) is 6.61 Å². The van der Waals surface area contributed by atoms with Gasteiger partial charge in [0, 0.05) is 19.0 Å². The molecule has 1 aliphatic heterocycles. The van der Waals surface area contributed by atoms with Gasteiger partial charge in [0.1, 0.15) is 5.75 Å². The standard InChI is InChI=1S/C29H32N2O3/c1-20(2)29(33)31-15-14-23-12-13-25(17-26(23)28(31)24-10-5-4-6-11-24)34-19-27(32)30-18-22-9-7-8-21(3)16-22/h4-13,16-17,20,28H,14-15,18-19H2,1-3H3,(H,30,32). The van der Waals surface area contributed by atoms with Crippen molar-refractivity contribution in [3.05, 3.63) is 101 Å². The lowest BCUT2D eigenvalue weighted by Crippen LogP contribution is -2.42. The summed E-state index contributed by atoms with van der Waals surface area (Å²) in [6.07, 6.45) is 0.800. The molecule has 3 aromatic carbocycles. The minimum absolute atomic E-state index is 0.0603. The van der Waals surface area contributed by atoms with Crippen molar-refractivity contribution in [3.8, 4) is 5.75 Å². The molecule has 5 nitrogen and oxygen atoms in total. The van der Waals surface area contributed by atoms with Gasteiger partial charge in [-0.25, -0.2) is 0 Å². The van der Waals surface area contributed by atoms with Crippen LogP contribution in [0.4, 0.5) is 0 Å². The third-order valence-corrected chi connectivity index (χ3v) is 6.18. The number of nitrogens with one attached hydrogen (secondary N) is 1. The summed E-state index contributed by atoms with van der Waals surface area (Å²) in [5, 5.41) is 2.91. The SMILES string of the molecule is Cc1cccc(CNC(=O)COc2ccc3c(c2)C(c2ccccc2)N(C(=O)C(C)C)CC3)c1. The van der Waals surface area contributed by atoms with E-state index in [0.717, 1.165) is 28.7 Å². The van der Waals surface area contributed by atoms with Gasteiger partial charge in [-0.3, -0.25) is 9.59 Å². The number of hydrogen-bond donors (Lipinski definition) is 1. The average molecular weight is 457 g/mol. The first-order chi connectivity index (χ1) is 16.4. The van der Waals surface area contributed by atoms with Crippen LogP contribution in [0.25, 0.3) is 0 Å². The summed E-state index contributed by atoms with van der Waals surface area (Å²) in [5.74, 6) is 0.519. The van der Waals surface area contributed by atoms with Crippen LogP contribution in [0.3, 0.4) is 0 Å². The number of amides is 2. The van der Waals surface area contributed by atoms with Crippen molar-refractivity contribution in [1.29, 1.82) is 0 Å². The molecule has 1 unspecified atom stereocenters. The average Bonchev–Trinajstić information content (AvgIpc) is 2.85. The fourth-order valence-electron chi connectivity index (χ4n) is 4.47. The number of rotatable bonds is 7. The van der Waals surface area contributed by atoms with E-state index in [4.69, 9.17) is 4.74 Å². The molecule has 0 saturated carbocycles. The molecule has 1 aliphatic rings. The molecular formula is C29H32N2O3. The lowest BCUT2D eigenvalue weighted by molar-refractivity contribution is -0.136. The molecule has 0 aliphatic carbocycles. The molecular weight excluding hydrogens is 424 g/mol. The molecule has 34 heavy (non-hydrogen) atoms. The van der Waals surface area contributed by atoms with Crippen molar-refractivity contribution in [2.24, 2.45) is 5.92 Å². The Morgan fingerprint density at radius 3 is 2.56 bits per heavy atom. The zero-order valence-corrected chi connectivity index (χ0v) is 20.1. The number of benzene rings is 3. The van der Waals surface area contributed by atoms with E-state index in [0.29, 0.717) is 18.8 Å². The second-order valence-corrected chi connectivity index (χ2v) is 9.16. The van der Waals surface area contributed by atoms with Gasteiger partial charge < -0.3 is 15.0 Å². The van der Waals surface area contributed by atoms with E-state index in [-0.39, 0.29) is 30.4 Å². The molecule has 1 atom stereocenters. The van der Waals surface area contributed by atoms with Crippen LogP contribution in [0.2, 0.25) is 0 Å². The first kappa shape index (κ1) is 23.6. The van der Waals surface area contributed by atoms with Crippen LogP contribution in [0, 0.1) is 12.8 Å². The van der Waals surface area contributed by atoms with Crippen molar-refractivity contribution < 1.29 is 14.3 Å². The summed E-state index contributed by atoms with van der Waals surface area (Å²) in [5.41, 5.74) is 5.56. The lowest BCUT2D eigenvalue weighted by Gasteiger charge is -2.39. The third-order valence-electron chi connectivity index (χ3n) is 6.18. The minimum atomic E-state index is -0.171. The van der Waals surface area contributed by atoms with Crippen LogP contribution in [0.1, 0.15) is 47.7 Å². The normalized spacial score (nSPS) is 15.1. The third kappa shape index (κ3) is 5.48. The Labute approximate surface area is 201 Å². The Bertz CT molecular complexity index is 1160. The molecule has 0 fully saturated rings. The van der Waals surface area contributed by atoms with Gasteiger partial charge in [-0.2, -0.15) is 0 Å². The van der Waals surface area contributed by atoms with E-state index < -0.39 is 0 Å². The summed E-state index contributed by atoms with van der Waals surface area (Å²) in [6.45, 7) is 7.00. The van der Waals surface area contributed by atoms with Gasteiger partial charge in [-0.1, -0.05) is 80.1 Å². The minimum Gasteiger partial charge on any atom is -0.484 e. The van der Waals surface area contributed by atoms with E-state index in [1.165, 1.54) is 5.56 Å². The summed E-state index contributed by atoms with van der Waals surface area (Å²) < 4.78 is 5.86. The Morgan fingerprint density at radius 1 is 1.03 bits per heavy atom. The first-order valence-corrected chi connectivity index (χ1v) is 11.9. The fourth-order valence-corrected chi connectivity index (χ4v) is 4.47. The number of hydrogen-bond acceptors (Lipinski definition) is 3. The van der Waals surface area contributed by atoms with Crippen LogP contribution in [0.15, 0.2) is 72.8 Å². The van der Waals surface area contributed by atoms with E-state index in [9.17, 15) is 9.59 Å². The van der Waals surface area contributed by atoms with Gasteiger partial charge >= 0.3 is 0 Å². The highest BCUT2D eigenvalue weighted by Crippen LogP contribution is 2.37. The highest BCUT2D eigenvalue weighted by Gasteiger charge is 2.33. The lowest BCUT2D eigenvalue weighted by atomic mass is 9.87. The maximum Gasteiger partial charge on any atom is 0.258 e. The monoisotopic (exact) mass is 456 g/mol. The van der Waals surface area contributed by atoms with Gasteiger partial charge in [-0.05, 0) is 47.7 Å². The molecule has 3 aromatic rings. The summed E-state index contributed by atoms with van der Waals surface area (Å²) in [7, 11) is 0. The van der Waals surface area contributed by atoms with Crippen molar-refractivity contribution >= 4 is 11.8 Å². The maximum atomic E-state index is 13.0. The predicted molar refractivity (Wildman–Crippen MR) is 134 cm³/mol. The molecule has 176 valence electrons. The van der Waals surface area contributed by atoms with Crippen molar-refractivity contribution in [3.63, 3.8) is 0 Å².